The molecule has 174 valence electrons. The lowest BCUT2D eigenvalue weighted by Crippen LogP contribution is -2.19. The summed E-state index contributed by atoms with van der Waals surface area (Å²) in [4.78, 5) is 24.9. The standard InChI is InChI=1S/C23H18BrCl2N5O3/c24-12-1-3-13(4-2-12)28-22(32)15-7-18-19(8-20(15)34-14-5-6-33-11-14)30-23(29-18)31-21-16(25)9-27-10-17(21)26/h1-4,7-10,14H,5-6,11H2,(H,28,32)(H2,27,29,30,31). The number of ether oxygens (including phenoxy) is 2. The summed E-state index contributed by atoms with van der Waals surface area (Å²) in [5.41, 5.74) is 2.76. The van der Waals surface area contributed by atoms with E-state index in [1.165, 1.54) is 12.4 Å². The highest BCUT2D eigenvalue weighted by atomic mass is 79.9. The molecule has 1 aliphatic heterocycles. The smallest absolute Gasteiger partial charge is 0.259 e. The zero-order valence-corrected chi connectivity index (χ0v) is 20.7. The van der Waals surface area contributed by atoms with Crippen molar-refractivity contribution in [1.82, 2.24) is 15.0 Å². The van der Waals surface area contributed by atoms with E-state index in [0.717, 1.165) is 10.9 Å². The Labute approximate surface area is 213 Å². The minimum absolute atomic E-state index is 0.136. The monoisotopic (exact) mass is 561 g/mol. The fourth-order valence-corrected chi connectivity index (χ4v) is 4.26. The van der Waals surface area contributed by atoms with Crippen molar-refractivity contribution < 1.29 is 14.3 Å². The molecule has 0 spiro atoms. The van der Waals surface area contributed by atoms with Crippen molar-refractivity contribution >= 4 is 73.4 Å². The number of nitrogens with one attached hydrogen (secondary N) is 3. The third-order valence-electron chi connectivity index (χ3n) is 5.21. The van der Waals surface area contributed by atoms with Gasteiger partial charge in [0.15, 0.2) is 0 Å². The van der Waals surface area contributed by atoms with Crippen molar-refractivity contribution in [2.45, 2.75) is 12.5 Å². The van der Waals surface area contributed by atoms with E-state index in [4.69, 9.17) is 32.7 Å². The van der Waals surface area contributed by atoms with E-state index in [1.807, 2.05) is 24.3 Å². The lowest BCUT2D eigenvalue weighted by molar-refractivity contribution is 0.101. The third-order valence-corrected chi connectivity index (χ3v) is 6.31. The zero-order chi connectivity index (χ0) is 23.7. The van der Waals surface area contributed by atoms with Crippen molar-refractivity contribution in [3.63, 3.8) is 0 Å². The van der Waals surface area contributed by atoms with Gasteiger partial charge in [-0.25, -0.2) is 4.98 Å². The molecule has 3 heterocycles. The first-order valence-corrected chi connectivity index (χ1v) is 11.9. The molecule has 2 aromatic heterocycles. The van der Waals surface area contributed by atoms with Crippen LogP contribution >= 0.6 is 39.1 Å². The first-order valence-electron chi connectivity index (χ1n) is 10.4. The summed E-state index contributed by atoms with van der Waals surface area (Å²) >= 11 is 15.8. The van der Waals surface area contributed by atoms with Gasteiger partial charge < -0.3 is 25.1 Å². The number of nitrogens with zero attached hydrogens (tertiary/aromatic N) is 2. The van der Waals surface area contributed by atoms with Crippen LogP contribution in [-0.2, 0) is 4.74 Å². The summed E-state index contributed by atoms with van der Waals surface area (Å²) < 4.78 is 12.5. The summed E-state index contributed by atoms with van der Waals surface area (Å²) in [5, 5.41) is 6.70. The maximum absolute atomic E-state index is 13.2. The second-order valence-corrected chi connectivity index (χ2v) is 9.35. The van der Waals surface area contributed by atoms with Gasteiger partial charge in [-0.05, 0) is 30.3 Å². The van der Waals surface area contributed by atoms with Gasteiger partial charge in [0, 0.05) is 35.0 Å². The highest BCUT2D eigenvalue weighted by Gasteiger charge is 2.23. The van der Waals surface area contributed by atoms with Crippen LogP contribution in [0.5, 0.6) is 5.75 Å². The average Bonchev–Trinajstić information content (AvgIpc) is 3.46. The Morgan fingerprint density at radius 3 is 2.65 bits per heavy atom. The highest BCUT2D eigenvalue weighted by Crippen LogP contribution is 2.33. The van der Waals surface area contributed by atoms with E-state index < -0.39 is 0 Å². The minimum atomic E-state index is -0.303. The van der Waals surface area contributed by atoms with E-state index >= 15 is 0 Å². The molecule has 5 rings (SSSR count). The Bertz CT molecular complexity index is 1340. The Hall–Kier alpha value is -2.85. The Kier molecular flexibility index (Phi) is 6.60. The van der Waals surface area contributed by atoms with Gasteiger partial charge in [0.25, 0.3) is 5.91 Å². The molecule has 3 N–H and O–H groups in total. The van der Waals surface area contributed by atoms with E-state index in [0.29, 0.717) is 62.9 Å². The van der Waals surface area contributed by atoms with Crippen LogP contribution < -0.4 is 15.4 Å². The first-order chi connectivity index (χ1) is 16.5. The fourth-order valence-electron chi connectivity index (χ4n) is 3.54. The molecule has 1 fully saturated rings. The molecule has 0 aliphatic carbocycles. The number of imidazole rings is 1. The number of hydrogen-bond donors (Lipinski definition) is 3. The molecule has 0 radical (unpaired) electrons. The molecule has 1 saturated heterocycles. The number of H-pyrrole nitrogens is 1. The summed E-state index contributed by atoms with van der Waals surface area (Å²) in [7, 11) is 0. The number of amides is 1. The predicted molar refractivity (Wildman–Crippen MR) is 136 cm³/mol. The summed E-state index contributed by atoms with van der Waals surface area (Å²) in [6.07, 6.45) is 3.58. The Morgan fingerprint density at radius 2 is 1.94 bits per heavy atom. The number of anilines is 3. The van der Waals surface area contributed by atoms with Crippen molar-refractivity contribution in [3.05, 3.63) is 68.9 Å². The molecule has 0 saturated carbocycles. The minimum Gasteiger partial charge on any atom is -0.487 e. The SMILES string of the molecule is O=C(Nc1ccc(Br)cc1)c1cc2[nH]c(Nc3c(Cl)cncc3Cl)nc2cc1OC1CCOC1. The molecule has 11 heteroatoms. The quantitative estimate of drug-likeness (QED) is 0.259. The topological polar surface area (TPSA) is 101 Å². The van der Waals surface area contributed by atoms with Crippen LogP contribution in [0.15, 0.2) is 53.3 Å². The number of carbonyl (C=O) groups excluding carboxylic acids is 1. The van der Waals surface area contributed by atoms with Crippen molar-refractivity contribution in [3.8, 4) is 5.75 Å². The van der Waals surface area contributed by atoms with Crippen molar-refractivity contribution in [2.75, 3.05) is 23.8 Å². The molecular weight excluding hydrogens is 545 g/mol. The summed E-state index contributed by atoms with van der Waals surface area (Å²) in [5.74, 6) is 0.531. The Balaban J connectivity index is 1.49. The van der Waals surface area contributed by atoms with Crippen LogP contribution in [0, 0.1) is 0 Å². The number of pyridine rings is 1. The number of carbonyl (C=O) groups is 1. The molecule has 8 nitrogen and oxygen atoms in total. The number of benzene rings is 2. The second-order valence-electron chi connectivity index (χ2n) is 7.62. The summed E-state index contributed by atoms with van der Waals surface area (Å²) in [6, 6.07) is 10.8. The normalized spacial score (nSPS) is 15.4. The van der Waals surface area contributed by atoms with Crippen molar-refractivity contribution in [1.29, 1.82) is 0 Å². The molecule has 34 heavy (non-hydrogen) atoms. The van der Waals surface area contributed by atoms with E-state index in [9.17, 15) is 4.79 Å². The zero-order valence-electron chi connectivity index (χ0n) is 17.6. The lowest BCUT2D eigenvalue weighted by Gasteiger charge is -2.15. The van der Waals surface area contributed by atoms with Crippen LogP contribution in [0.2, 0.25) is 10.0 Å². The van der Waals surface area contributed by atoms with Crippen LogP contribution in [0.1, 0.15) is 16.8 Å². The first kappa shape index (κ1) is 22.9. The fraction of sp³-hybridized carbons (Fsp3) is 0.174. The third kappa shape index (κ3) is 4.97. The molecule has 4 aromatic rings. The second kappa shape index (κ2) is 9.79. The van der Waals surface area contributed by atoms with Gasteiger partial charge >= 0.3 is 0 Å². The van der Waals surface area contributed by atoms with E-state index in [2.05, 4.69) is 41.5 Å². The lowest BCUT2D eigenvalue weighted by atomic mass is 10.1. The van der Waals surface area contributed by atoms with Gasteiger partial charge in [0.05, 0.1) is 45.5 Å². The van der Waals surface area contributed by atoms with Crippen LogP contribution in [0.25, 0.3) is 11.0 Å². The van der Waals surface area contributed by atoms with Crippen molar-refractivity contribution in [2.24, 2.45) is 0 Å². The molecule has 1 amide bonds. The number of aromatic amines is 1. The molecule has 1 aliphatic rings. The van der Waals surface area contributed by atoms with E-state index in [-0.39, 0.29) is 12.0 Å². The molecule has 0 bridgehead atoms. The van der Waals surface area contributed by atoms with Gasteiger partial charge in [-0.3, -0.25) is 9.78 Å². The number of aromatic nitrogens is 3. The van der Waals surface area contributed by atoms with Crippen LogP contribution in [-0.4, -0.2) is 40.2 Å². The predicted octanol–water partition coefficient (Wildman–Crippen LogP) is 6.19. The van der Waals surface area contributed by atoms with Crippen LogP contribution in [0.4, 0.5) is 17.3 Å². The van der Waals surface area contributed by atoms with Gasteiger partial charge in [-0.1, -0.05) is 39.1 Å². The van der Waals surface area contributed by atoms with Gasteiger partial charge in [0.2, 0.25) is 5.95 Å². The molecule has 2 aromatic carbocycles. The average molecular weight is 563 g/mol. The number of fused-ring (bicyclic) bond motifs is 1. The number of halogens is 3. The Morgan fingerprint density at radius 1 is 1.18 bits per heavy atom. The maximum Gasteiger partial charge on any atom is 0.259 e. The van der Waals surface area contributed by atoms with Gasteiger partial charge in [-0.15, -0.1) is 0 Å². The molecule has 1 unspecified atom stereocenters. The van der Waals surface area contributed by atoms with Crippen LogP contribution in [0.3, 0.4) is 0 Å². The largest absolute Gasteiger partial charge is 0.487 e. The summed E-state index contributed by atoms with van der Waals surface area (Å²) in [6.45, 7) is 1.09. The van der Waals surface area contributed by atoms with Gasteiger partial charge in [0.1, 0.15) is 11.9 Å². The molecule has 1 atom stereocenters. The highest BCUT2D eigenvalue weighted by molar-refractivity contribution is 9.10. The maximum atomic E-state index is 13.2. The van der Waals surface area contributed by atoms with E-state index in [1.54, 1.807) is 12.1 Å². The van der Waals surface area contributed by atoms with Gasteiger partial charge in [-0.2, -0.15) is 0 Å². The number of hydrogen-bond acceptors (Lipinski definition) is 6. The molecular formula is C23H18BrCl2N5O3. The number of rotatable bonds is 6.